The van der Waals surface area contributed by atoms with Gasteiger partial charge in [-0.1, -0.05) is 62.6 Å². The molecule has 12 nitrogen and oxygen atoms in total. The fourth-order valence-corrected chi connectivity index (χ4v) is 10.3. The first-order chi connectivity index (χ1) is 25.4. The number of ketones is 2. The van der Waals surface area contributed by atoms with Crippen LogP contribution in [0.5, 0.6) is 0 Å². The Balaban J connectivity index is 1.18. The molecule has 3 saturated carbocycles. The van der Waals surface area contributed by atoms with Crippen molar-refractivity contribution in [2.45, 2.75) is 108 Å². The van der Waals surface area contributed by atoms with Gasteiger partial charge in [0, 0.05) is 37.6 Å². The van der Waals surface area contributed by atoms with Crippen molar-refractivity contribution in [1.29, 1.82) is 0 Å². The predicted octanol–water partition coefficient (Wildman–Crippen LogP) is 4.70. The second-order valence-electron chi connectivity index (χ2n) is 16.1. The van der Waals surface area contributed by atoms with Gasteiger partial charge in [0.15, 0.2) is 5.78 Å². The molecule has 3 heterocycles. The minimum atomic E-state index is -3.85. The minimum Gasteiger partial charge on any atom is -0.444 e. The smallest absolute Gasteiger partial charge is 0.410 e. The Labute approximate surface area is 311 Å². The summed E-state index contributed by atoms with van der Waals surface area (Å²) in [5, 5.41) is -0.610. The van der Waals surface area contributed by atoms with Gasteiger partial charge in [-0.15, -0.1) is 6.58 Å². The highest BCUT2D eigenvalue weighted by Crippen LogP contribution is 2.57. The largest absolute Gasteiger partial charge is 0.444 e. The van der Waals surface area contributed by atoms with E-state index in [0.717, 1.165) is 48.8 Å². The van der Waals surface area contributed by atoms with Crippen LogP contribution in [-0.2, 0) is 51.8 Å². The summed E-state index contributed by atoms with van der Waals surface area (Å²) in [6.45, 7) is 6.82. The van der Waals surface area contributed by atoms with Gasteiger partial charge in [-0.3, -0.25) is 28.8 Å². The summed E-state index contributed by atoms with van der Waals surface area (Å²) in [6.07, 6.45) is 9.61. The number of carbonyl (C=O) groups is 5. The van der Waals surface area contributed by atoms with Crippen LogP contribution >= 0.6 is 0 Å². The van der Waals surface area contributed by atoms with Gasteiger partial charge >= 0.3 is 6.09 Å². The minimum absolute atomic E-state index is 0.0135. The van der Waals surface area contributed by atoms with Crippen molar-refractivity contribution in [2.24, 2.45) is 29.1 Å². The molecule has 6 aliphatic rings. The van der Waals surface area contributed by atoms with Gasteiger partial charge in [0.25, 0.3) is 0 Å². The highest BCUT2D eigenvalue weighted by atomic mass is 32.2. The molecule has 286 valence electrons. The molecular formula is C40H51N3O9S. The maximum atomic E-state index is 14.8. The lowest BCUT2D eigenvalue weighted by atomic mass is 9.76. The fourth-order valence-electron chi connectivity index (χ4n) is 8.89. The number of benzene rings is 1. The van der Waals surface area contributed by atoms with Crippen LogP contribution < -0.4 is 4.72 Å². The number of nitrogens with one attached hydrogen (secondary N) is 1. The quantitative estimate of drug-likeness (QED) is 0.372. The van der Waals surface area contributed by atoms with Gasteiger partial charge in [-0.2, -0.15) is 0 Å². The van der Waals surface area contributed by atoms with Crippen LogP contribution in [-0.4, -0.2) is 84.8 Å². The van der Waals surface area contributed by atoms with Gasteiger partial charge < -0.3 is 14.4 Å². The number of Topliss-reactive ketones (excluding diaryl/α,β-unsaturated/α-hetero) is 2. The molecule has 1 aromatic carbocycles. The van der Waals surface area contributed by atoms with E-state index in [2.05, 4.69) is 11.3 Å². The summed E-state index contributed by atoms with van der Waals surface area (Å²) in [7, 11) is -3.85. The Morgan fingerprint density at radius 2 is 1.85 bits per heavy atom. The molecule has 1 N–H and O–H groups in total. The Kier molecular flexibility index (Phi) is 10.7. The van der Waals surface area contributed by atoms with Crippen LogP contribution in [0.2, 0.25) is 0 Å². The summed E-state index contributed by atoms with van der Waals surface area (Å²) in [4.78, 5) is 73.3. The van der Waals surface area contributed by atoms with Crippen LogP contribution in [0.25, 0.3) is 6.08 Å². The Morgan fingerprint density at radius 1 is 1.08 bits per heavy atom. The monoisotopic (exact) mass is 749 g/mol. The van der Waals surface area contributed by atoms with Crippen molar-refractivity contribution < 1.29 is 41.9 Å². The summed E-state index contributed by atoms with van der Waals surface area (Å²) in [6, 6.07) is 4.87. The van der Waals surface area contributed by atoms with E-state index in [9.17, 15) is 32.4 Å². The number of fused-ring (bicyclic) bond motifs is 3. The van der Waals surface area contributed by atoms with E-state index < -0.39 is 68.4 Å². The van der Waals surface area contributed by atoms with Crippen LogP contribution in [0.4, 0.5) is 4.79 Å². The van der Waals surface area contributed by atoms with Crippen LogP contribution in [0.15, 0.2) is 36.9 Å². The zero-order valence-electron chi connectivity index (χ0n) is 30.5. The van der Waals surface area contributed by atoms with Gasteiger partial charge in [0.1, 0.15) is 11.9 Å². The molecule has 0 radical (unpaired) electrons. The summed E-state index contributed by atoms with van der Waals surface area (Å²) in [5.41, 5.74) is 1.67. The van der Waals surface area contributed by atoms with Crippen molar-refractivity contribution in [1.82, 2.24) is 14.5 Å². The van der Waals surface area contributed by atoms with Gasteiger partial charge in [0.05, 0.1) is 43.0 Å². The summed E-state index contributed by atoms with van der Waals surface area (Å²) in [5.74, 6) is -3.08. The number of carbonyl (C=O) groups excluding carboxylic acids is 5. The first-order valence-electron chi connectivity index (χ1n) is 19.3. The van der Waals surface area contributed by atoms with Crippen LogP contribution in [0, 0.1) is 29.1 Å². The molecule has 6 atom stereocenters. The molecule has 0 unspecified atom stereocenters. The second-order valence-corrected chi connectivity index (χ2v) is 18.1. The molecule has 13 heteroatoms. The Hall–Kier alpha value is -3.84. The van der Waals surface area contributed by atoms with Crippen molar-refractivity contribution in [3.05, 3.63) is 53.6 Å². The zero-order chi connectivity index (χ0) is 37.5. The number of hydrogen-bond donors (Lipinski definition) is 1. The van der Waals surface area contributed by atoms with E-state index >= 15 is 0 Å². The summed E-state index contributed by atoms with van der Waals surface area (Å²) < 4.78 is 39.7. The number of allylic oxidation sites excluding steroid dienone is 1. The van der Waals surface area contributed by atoms with E-state index in [-0.39, 0.29) is 56.4 Å². The number of ether oxygens (including phenoxy) is 2. The highest BCUT2D eigenvalue weighted by molar-refractivity contribution is 7.90. The molecule has 3 aliphatic carbocycles. The molecule has 1 saturated heterocycles. The lowest BCUT2D eigenvalue weighted by Gasteiger charge is -2.34. The SMILES string of the molecule is C=C[C@@H]1C[C@]1(CC(=O)[C@@H]1C[C@@H]2CN1C(=O)[C@H](C1CCCCC1)CC(=O)[C@@H](C)COC/C=C/c1cccc3c1CN(C3)C(=O)O2)C(=O)NS(=O)(=O)C1CC1. The van der Waals surface area contributed by atoms with E-state index in [1.165, 1.54) is 4.90 Å². The third-order valence-corrected chi connectivity index (χ3v) is 14.2. The predicted molar refractivity (Wildman–Crippen MR) is 195 cm³/mol. The molecular weight excluding hydrogens is 699 g/mol. The van der Waals surface area contributed by atoms with Crippen molar-refractivity contribution >= 4 is 45.6 Å². The Morgan fingerprint density at radius 3 is 2.57 bits per heavy atom. The number of hydrogen-bond acceptors (Lipinski definition) is 9. The van der Waals surface area contributed by atoms with Gasteiger partial charge in [-0.25, -0.2) is 13.2 Å². The van der Waals surface area contributed by atoms with Gasteiger partial charge in [0.2, 0.25) is 21.8 Å². The van der Waals surface area contributed by atoms with Crippen molar-refractivity contribution in [3.8, 4) is 0 Å². The third-order valence-electron chi connectivity index (χ3n) is 12.4. The van der Waals surface area contributed by atoms with E-state index in [0.29, 0.717) is 32.5 Å². The molecule has 0 spiro atoms. The first-order valence-corrected chi connectivity index (χ1v) is 20.8. The molecule has 0 aromatic heterocycles. The standard InChI is InChI=1S/C40H51N3O9S/c1-3-29-19-40(29,38(47)41-53(49,50)31-14-15-31)20-36(45)34-17-30-22-43(34)37(46)32(26-9-5-4-6-10-26)18-35(44)25(2)24-51-16-8-13-27-11-7-12-28-21-42(23-33(27)28)39(48)52-30/h3,7-8,11-13,25-26,29-32,34H,1,4-6,9-10,14-24H2,2H3,(H,41,47)/b13-8+/t25-,29+,30+,32-,34-,40+/m0/s1. The Bertz CT molecular complexity index is 1800. The van der Waals surface area contributed by atoms with E-state index in [1.807, 2.05) is 37.3 Å². The molecule has 3 aliphatic heterocycles. The lowest BCUT2D eigenvalue weighted by molar-refractivity contribution is -0.145. The zero-order valence-corrected chi connectivity index (χ0v) is 31.3. The van der Waals surface area contributed by atoms with Crippen molar-refractivity contribution in [3.63, 3.8) is 0 Å². The molecule has 7 rings (SSSR count). The second kappa shape index (κ2) is 15.1. The average molecular weight is 750 g/mol. The lowest BCUT2D eigenvalue weighted by Crippen LogP contribution is -2.48. The molecule has 53 heavy (non-hydrogen) atoms. The molecule has 3 amide bonds. The average Bonchev–Trinajstić information content (AvgIpc) is 4.04. The van der Waals surface area contributed by atoms with Gasteiger partial charge in [-0.05, 0) is 60.6 Å². The van der Waals surface area contributed by atoms with Crippen molar-refractivity contribution in [2.75, 3.05) is 19.8 Å². The van der Waals surface area contributed by atoms with E-state index in [4.69, 9.17) is 9.47 Å². The first kappa shape index (κ1) is 37.5. The number of nitrogens with zero attached hydrogens (tertiary/aromatic N) is 2. The molecule has 4 fully saturated rings. The number of amides is 3. The maximum Gasteiger partial charge on any atom is 0.410 e. The molecule has 4 bridgehead atoms. The van der Waals surface area contributed by atoms with E-state index in [1.54, 1.807) is 11.0 Å². The summed E-state index contributed by atoms with van der Waals surface area (Å²) >= 11 is 0. The van der Waals surface area contributed by atoms with Crippen LogP contribution in [0.3, 0.4) is 0 Å². The molecule has 1 aromatic rings. The van der Waals surface area contributed by atoms with Crippen LogP contribution in [0.1, 0.15) is 94.2 Å². The number of rotatable bonds is 8. The highest BCUT2D eigenvalue weighted by Gasteiger charge is 2.61. The topological polar surface area (TPSA) is 156 Å². The normalized spacial score (nSPS) is 31.9. The fraction of sp³-hybridized carbons (Fsp3) is 0.625. The maximum absolute atomic E-state index is 14.8. The number of sulfonamides is 1. The third kappa shape index (κ3) is 7.87.